The molecule has 0 amide bonds. The normalized spacial score (nSPS) is 17.7. The Morgan fingerprint density at radius 2 is 2.29 bits per heavy atom. The summed E-state index contributed by atoms with van der Waals surface area (Å²) in [6, 6.07) is 3.73. The number of halogens is 2. The number of hydrogen-bond donors (Lipinski definition) is 1. The molecule has 1 unspecified atom stereocenters. The number of furan rings is 1. The molecule has 0 radical (unpaired) electrons. The zero-order valence-corrected chi connectivity index (χ0v) is 14.6. The van der Waals surface area contributed by atoms with Gasteiger partial charge in [0.15, 0.2) is 5.82 Å². The first kappa shape index (κ1) is 15.7. The molecule has 126 valence electrons. The van der Waals surface area contributed by atoms with Crippen LogP contribution in [0.4, 0.5) is 5.82 Å². The van der Waals surface area contributed by atoms with E-state index < -0.39 is 0 Å². The third kappa shape index (κ3) is 2.64. The number of nitrogens with one attached hydrogen (secondary N) is 1. The highest BCUT2D eigenvalue weighted by Gasteiger charge is 2.28. The Bertz CT molecular complexity index is 870. The fourth-order valence-corrected chi connectivity index (χ4v) is 3.71. The fraction of sp³-hybridized carbons (Fsp3) is 0.375. The molecule has 0 aliphatic carbocycles. The summed E-state index contributed by atoms with van der Waals surface area (Å²) in [5, 5.41) is 8.16. The molecule has 0 spiro atoms. The lowest BCUT2D eigenvalue weighted by molar-refractivity contribution is 0.111. The Kier molecular flexibility index (Phi) is 4.12. The van der Waals surface area contributed by atoms with Crippen LogP contribution in [0.2, 0.25) is 10.4 Å². The van der Waals surface area contributed by atoms with Crippen molar-refractivity contribution in [2.45, 2.75) is 32.4 Å². The summed E-state index contributed by atoms with van der Waals surface area (Å²) in [5.74, 6) is 1.42. The van der Waals surface area contributed by atoms with Crippen molar-refractivity contribution in [2.75, 3.05) is 11.9 Å². The van der Waals surface area contributed by atoms with Gasteiger partial charge in [0.25, 0.3) is 0 Å². The van der Waals surface area contributed by atoms with Crippen LogP contribution >= 0.6 is 23.2 Å². The van der Waals surface area contributed by atoms with E-state index in [-0.39, 0.29) is 11.4 Å². The van der Waals surface area contributed by atoms with Crippen molar-refractivity contribution in [1.29, 1.82) is 0 Å². The molecule has 4 heterocycles. The first-order chi connectivity index (χ1) is 11.6. The van der Waals surface area contributed by atoms with Gasteiger partial charge in [-0.15, -0.1) is 5.10 Å². The summed E-state index contributed by atoms with van der Waals surface area (Å²) in [6.45, 7) is 3.25. The van der Waals surface area contributed by atoms with Gasteiger partial charge in [-0.1, -0.05) is 11.6 Å². The van der Waals surface area contributed by atoms with E-state index in [2.05, 4.69) is 15.4 Å². The van der Waals surface area contributed by atoms with E-state index in [0.717, 1.165) is 41.9 Å². The molecule has 8 heteroatoms. The third-order valence-corrected chi connectivity index (χ3v) is 4.78. The number of aryl methyl sites for hydroxylation is 1. The SMILES string of the molecule is Cc1c(C2CCCO2)c(Cl)n2nc(Cl)nc(NCc3ccco3)c12. The number of ether oxygens (including phenoxy) is 1. The number of aromatic nitrogens is 3. The van der Waals surface area contributed by atoms with Crippen LogP contribution in [0.1, 0.15) is 35.8 Å². The maximum absolute atomic E-state index is 6.57. The molecule has 1 N–H and O–H groups in total. The molecule has 4 rings (SSSR count). The Morgan fingerprint density at radius 3 is 3.00 bits per heavy atom. The molecule has 1 saturated heterocycles. The summed E-state index contributed by atoms with van der Waals surface area (Å²) in [5.41, 5.74) is 2.78. The maximum Gasteiger partial charge on any atom is 0.243 e. The first-order valence-corrected chi connectivity index (χ1v) is 8.53. The Morgan fingerprint density at radius 1 is 1.42 bits per heavy atom. The van der Waals surface area contributed by atoms with Crippen LogP contribution in [-0.4, -0.2) is 21.2 Å². The van der Waals surface area contributed by atoms with Crippen LogP contribution < -0.4 is 5.32 Å². The van der Waals surface area contributed by atoms with Crippen LogP contribution in [0.5, 0.6) is 0 Å². The van der Waals surface area contributed by atoms with E-state index in [1.807, 2.05) is 19.1 Å². The molecule has 6 nitrogen and oxygen atoms in total. The van der Waals surface area contributed by atoms with E-state index in [0.29, 0.717) is 17.5 Å². The maximum atomic E-state index is 6.57. The van der Waals surface area contributed by atoms with Gasteiger partial charge in [-0.25, -0.2) is 4.52 Å². The second-order valence-corrected chi connectivity index (χ2v) is 6.45. The molecule has 24 heavy (non-hydrogen) atoms. The van der Waals surface area contributed by atoms with Crippen molar-refractivity contribution in [1.82, 2.24) is 14.6 Å². The van der Waals surface area contributed by atoms with Gasteiger partial charge in [0.05, 0.1) is 18.9 Å². The van der Waals surface area contributed by atoms with E-state index in [1.54, 1.807) is 10.8 Å². The minimum atomic E-state index is -0.00380. The topological polar surface area (TPSA) is 64.6 Å². The van der Waals surface area contributed by atoms with Gasteiger partial charge in [-0.3, -0.25) is 0 Å². The first-order valence-electron chi connectivity index (χ1n) is 7.77. The summed E-state index contributed by atoms with van der Waals surface area (Å²) in [6.07, 6.45) is 3.61. The number of nitrogens with zero attached hydrogens (tertiary/aromatic N) is 3. The van der Waals surface area contributed by atoms with E-state index in [9.17, 15) is 0 Å². The largest absolute Gasteiger partial charge is 0.467 e. The van der Waals surface area contributed by atoms with Gasteiger partial charge in [0, 0.05) is 12.2 Å². The lowest BCUT2D eigenvalue weighted by Crippen LogP contribution is -2.05. The van der Waals surface area contributed by atoms with Crippen molar-refractivity contribution in [3.8, 4) is 0 Å². The summed E-state index contributed by atoms with van der Waals surface area (Å²) < 4.78 is 12.8. The Balaban J connectivity index is 1.79. The average Bonchev–Trinajstić information content (AvgIpc) is 3.28. The minimum absolute atomic E-state index is 0.00380. The van der Waals surface area contributed by atoms with E-state index in [1.165, 1.54) is 0 Å². The highest BCUT2D eigenvalue weighted by atomic mass is 35.5. The smallest absolute Gasteiger partial charge is 0.243 e. The number of hydrogen-bond acceptors (Lipinski definition) is 5. The zero-order chi connectivity index (χ0) is 16.7. The van der Waals surface area contributed by atoms with Gasteiger partial charge in [0.2, 0.25) is 5.28 Å². The quantitative estimate of drug-likeness (QED) is 0.740. The highest BCUT2D eigenvalue weighted by Crippen LogP contribution is 2.40. The van der Waals surface area contributed by atoms with E-state index in [4.69, 9.17) is 32.4 Å². The summed E-state index contributed by atoms with van der Waals surface area (Å²) in [7, 11) is 0. The van der Waals surface area contributed by atoms with Crippen molar-refractivity contribution in [3.63, 3.8) is 0 Å². The molecule has 0 aromatic carbocycles. The van der Waals surface area contributed by atoms with Gasteiger partial charge in [-0.2, -0.15) is 4.98 Å². The van der Waals surface area contributed by atoms with Gasteiger partial charge in [-0.05, 0) is 49.1 Å². The van der Waals surface area contributed by atoms with Crippen LogP contribution in [0.3, 0.4) is 0 Å². The Labute approximate surface area is 148 Å². The molecule has 0 saturated carbocycles. The number of anilines is 1. The van der Waals surface area contributed by atoms with Crippen LogP contribution in [-0.2, 0) is 11.3 Å². The zero-order valence-electron chi connectivity index (χ0n) is 13.1. The average molecular weight is 367 g/mol. The standard InChI is InChI=1S/C16H16Cl2N4O2/c1-9-12(11-5-3-7-24-11)14(17)22-13(9)15(20-16(18)21-22)19-8-10-4-2-6-23-10/h2,4,6,11H,3,5,7-8H2,1H3,(H,19,20,21). The van der Waals surface area contributed by atoms with Crippen LogP contribution in [0, 0.1) is 6.92 Å². The molecular weight excluding hydrogens is 351 g/mol. The molecule has 3 aromatic heterocycles. The molecular formula is C16H16Cl2N4O2. The van der Waals surface area contributed by atoms with Gasteiger partial charge < -0.3 is 14.5 Å². The number of fused-ring (bicyclic) bond motifs is 1. The molecule has 1 aliphatic heterocycles. The van der Waals surface area contributed by atoms with E-state index >= 15 is 0 Å². The molecule has 0 bridgehead atoms. The monoisotopic (exact) mass is 366 g/mol. The van der Waals surface area contributed by atoms with Gasteiger partial charge >= 0.3 is 0 Å². The van der Waals surface area contributed by atoms with Crippen LogP contribution in [0.25, 0.3) is 5.52 Å². The fourth-order valence-electron chi connectivity index (χ4n) is 3.16. The summed E-state index contributed by atoms with van der Waals surface area (Å²) >= 11 is 12.7. The second kappa shape index (κ2) is 6.27. The molecule has 1 fully saturated rings. The second-order valence-electron chi connectivity index (χ2n) is 5.75. The predicted molar refractivity (Wildman–Crippen MR) is 91.7 cm³/mol. The molecule has 1 atom stereocenters. The lowest BCUT2D eigenvalue weighted by Gasteiger charge is -2.09. The van der Waals surface area contributed by atoms with Crippen molar-refractivity contribution in [2.24, 2.45) is 0 Å². The number of rotatable bonds is 4. The van der Waals surface area contributed by atoms with Crippen molar-refractivity contribution in [3.05, 3.63) is 45.7 Å². The van der Waals surface area contributed by atoms with Gasteiger partial charge in [0.1, 0.15) is 16.4 Å². The van der Waals surface area contributed by atoms with Crippen LogP contribution in [0.15, 0.2) is 22.8 Å². The van der Waals surface area contributed by atoms with Crippen molar-refractivity contribution >= 4 is 34.5 Å². The Hall–Kier alpha value is -1.76. The molecule has 3 aromatic rings. The minimum Gasteiger partial charge on any atom is -0.467 e. The van der Waals surface area contributed by atoms with Crippen molar-refractivity contribution < 1.29 is 9.15 Å². The summed E-state index contributed by atoms with van der Waals surface area (Å²) in [4.78, 5) is 4.32. The third-order valence-electron chi connectivity index (χ3n) is 4.25. The predicted octanol–water partition coefficient (Wildman–Crippen LogP) is 4.40. The lowest BCUT2D eigenvalue weighted by atomic mass is 10.1. The molecule has 1 aliphatic rings. The highest BCUT2D eigenvalue weighted by molar-refractivity contribution is 6.31.